The van der Waals surface area contributed by atoms with E-state index in [1.54, 1.807) is 18.2 Å². The quantitative estimate of drug-likeness (QED) is 0.597. The van der Waals surface area contributed by atoms with Crippen molar-refractivity contribution < 1.29 is 9.53 Å². The zero-order chi connectivity index (χ0) is 19.8. The molecule has 28 heavy (non-hydrogen) atoms. The van der Waals surface area contributed by atoms with Gasteiger partial charge in [-0.15, -0.1) is 0 Å². The van der Waals surface area contributed by atoms with Gasteiger partial charge in [0.05, 0.1) is 5.56 Å². The van der Waals surface area contributed by atoms with Crippen molar-refractivity contribution in [2.24, 2.45) is 0 Å². The van der Waals surface area contributed by atoms with Crippen LogP contribution in [0.3, 0.4) is 0 Å². The van der Waals surface area contributed by atoms with Crippen LogP contribution in [0.5, 0.6) is 5.75 Å². The number of nitrogens with one attached hydrogen (secondary N) is 1. The lowest BCUT2D eigenvalue weighted by Gasteiger charge is -2.19. The predicted octanol–water partition coefficient (Wildman–Crippen LogP) is 4.79. The SMILES string of the molecule is CN(CCNC(=O)c1cc(Cl)ccc1OCc1ccccc1)c1ccccc1. The summed E-state index contributed by atoms with van der Waals surface area (Å²) in [4.78, 5) is 14.8. The van der Waals surface area contributed by atoms with Crippen LogP contribution in [0.15, 0.2) is 78.9 Å². The molecule has 1 N–H and O–H groups in total. The number of benzene rings is 3. The molecule has 0 saturated heterocycles. The van der Waals surface area contributed by atoms with Gasteiger partial charge in [-0.2, -0.15) is 0 Å². The molecule has 0 aliphatic carbocycles. The normalized spacial score (nSPS) is 10.4. The lowest BCUT2D eigenvalue weighted by Crippen LogP contribution is -2.33. The minimum Gasteiger partial charge on any atom is -0.488 e. The van der Waals surface area contributed by atoms with Gasteiger partial charge in [-0.25, -0.2) is 0 Å². The summed E-state index contributed by atoms with van der Waals surface area (Å²) in [5.41, 5.74) is 2.57. The lowest BCUT2D eigenvalue weighted by atomic mass is 10.2. The van der Waals surface area contributed by atoms with E-state index in [0.717, 1.165) is 11.3 Å². The number of carbonyl (C=O) groups is 1. The molecule has 4 nitrogen and oxygen atoms in total. The molecule has 0 unspecified atom stereocenters. The fourth-order valence-corrected chi connectivity index (χ4v) is 2.96. The van der Waals surface area contributed by atoms with Crippen molar-refractivity contribution in [1.29, 1.82) is 0 Å². The Balaban J connectivity index is 1.60. The fraction of sp³-hybridized carbons (Fsp3) is 0.174. The monoisotopic (exact) mass is 394 g/mol. The van der Waals surface area contributed by atoms with Crippen molar-refractivity contribution in [2.75, 3.05) is 25.0 Å². The van der Waals surface area contributed by atoms with Crippen LogP contribution >= 0.6 is 11.6 Å². The number of hydrogen-bond acceptors (Lipinski definition) is 3. The molecule has 0 aliphatic heterocycles. The van der Waals surface area contributed by atoms with E-state index in [1.165, 1.54) is 0 Å². The van der Waals surface area contributed by atoms with Crippen LogP contribution in [-0.4, -0.2) is 26.0 Å². The molecule has 1 amide bonds. The Morgan fingerprint density at radius 1 is 1.00 bits per heavy atom. The van der Waals surface area contributed by atoms with Gasteiger partial charge in [0.25, 0.3) is 5.91 Å². The summed E-state index contributed by atoms with van der Waals surface area (Å²) in [6.07, 6.45) is 0. The van der Waals surface area contributed by atoms with Crippen molar-refractivity contribution in [3.05, 3.63) is 95.0 Å². The fourth-order valence-electron chi connectivity index (χ4n) is 2.78. The zero-order valence-corrected chi connectivity index (χ0v) is 16.5. The first-order chi connectivity index (χ1) is 13.6. The average Bonchev–Trinajstić information content (AvgIpc) is 2.74. The second kappa shape index (κ2) is 9.81. The van der Waals surface area contributed by atoms with Gasteiger partial charge in [-0.1, -0.05) is 60.1 Å². The van der Waals surface area contributed by atoms with E-state index in [1.807, 2.05) is 67.7 Å². The molecule has 0 spiro atoms. The van der Waals surface area contributed by atoms with Gasteiger partial charge in [0.1, 0.15) is 12.4 Å². The minimum absolute atomic E-state index is 0.202. The number of anilines is 1. The van der Waals surface area contributed by atoms with E-state index in [4.69, 9.17) is 16.3 Å². The van der Waals surface area contributed by atoms with Crippen LogP contribution in [0.4, 0.5) is 5.69 Å². The molecule has 0 heterocycles. The number of para-hydroxylation sites is 1. The highest BCUT2D eigenvalue weighted by molar-refractivity contribution is 6.31. The van der Waals surface area contributed by atoms with Crippen molar-refractivity contribution in [2.45, 2.75) is 6.61 Å². The Morgan fingerprint density at radius 3 is 2.39 bits per heavy atom. The largest absolute Gasteiger partial charge is 0.488 e. The number of hydrogen-bond donors (Lipinski definition) is 1. The van der Waals surface area contributed by atoms with E-state index >= 15 is 0 Å². The molecule has 0 atom stereocenters. The molecule has 144 valence electrons. The van der Waals surface area contributed by atoms with Crippen molar-refractivity contribution >= 4 is 23.2 Å². The molecule has 3 aromatic rings. The molecular weight excluding hydrogens is 372 g/mol. The number of carbonyl (C=O) groups excluding carboxylic acids is 1. The summed E-state index contributed by atoms with van der Waals surface area (Å²) in [6.45, 7) is 1.59. The summed E-state index contributed by atoms with van der Waals surface area (Å²) < 4.78 is 5.87. The number of amides is 1. The maximum Gasteiger partial charge on any atom is 0.255 e. The Hall–Kier alpha value is -2.98. The average molecular weight is 395 g/mol. The van der Waals surface area contributed by atoms with Crippen molar-refractivity contribution in [3.8, 4) is 5.75 Å². The highest BCUT2D eigenvalue weighted by atomic mass is 35.5. The first kappa shape index (κ1) is 19.8. The molecule has 0 saturated carbocycles. The van der Waals surface area contributed by atoms with Gasteiger partial charge in [0, 0.05) is 30.8 Å². The summed E-state index contributed by atoms with van der Waals surface area (Å²) in [5.74, 6) is 0.314. The first-order valence-electron chi connectivity index (χ1n) is 9.14. The van der Waals surface area contributed by atoms with E-state index in [-0.39, 0.29) is 5.91 Å². The van der Waals surface area contributed by atoms with Gasteiger partial charge >= 0.3 is 0 Å². The molecule has 0 aliphatic rings. The van der Waals surface area contributed by atoms with Crippen molar-refractivity contribution in [1.82, 2.24) is 5.32 Å². The van der Waals surface area contributed by atoms with Crippen molar-refractivity contribution in [3.63, 3.8) is 0 Å². The Morgan fingerprint density at radius 2 is 1.68 bits per heavy atom. The standard InChI is InChI=1S/C23H23ClN2O2/c1-26(20-10-6-3-7-11-20)15-14-25-23(27)21-16-19(24)12-13-22(21)28-17-18-8-4-2-5-9-18/h2-13,16H,14-15,17H2,1H3,(H,25,27). The van der Waals surface area contributed by atoms with E-state index in [2.05, 4.69) is 10.2 Å². The highest BCUT2D eigenvalue weighted by Crippen LogP contribution is 2.24. The van der Waals surface area contributed by atoms with E-state index < -0.39 is 0 Å². The Labute approximate surface area is 170 Å². The molecule has 0 aromatic heterocycles. The number of nitrogens with zero attached hydrogens (tertiary/aromatic N) is 1. The number of rotatable bonds is 8. The molecule has 0 bridgehead atoms. The molecule has 0 radical (unpaired) electrons. The van der Waals surface area contributed by atoms with E-state index in [0.29, 0.717) is 36.0 Å². The van der Waals surface area contributed by atoms with Crippen LogP contribution < -0.4 is 15.0 Å². The molecular formula is C23H23ClN2O2. The third-order valence-corrected chi connectivity index (χ3v) is 4.59. The predicted molar refractivity (Wildman–Crippen MR) is 114 cm³/mol. The first-order valence-corrected chi connectivity index (χ1v) is 9.52. The highest BCUT2D eigenvalue weighted by Gasteiger charge is 2.14. The van der Waals surface area contributed by atoms with Crippen LogP contribution in [-0.2, 0) is 6.61 Å². The number of halogens is 1. The number of ether oxygens (including phenoxy) is 1. The van der Waals surface area contributed by atoms with Crippen LogP contribution in [0.25, 0.3) is 0 Å². The van der Waals surface area contributed by atoms with Gasteiger partial charge in [0.2, 0.25) is 0 Å². The Kier molecular flexibility index (Phi) is 6.93. The van der Waals surface area contributed by atoms with Crippen LogP contribution in [0, 0.1) is 0 Å². The summed E-state index contributed by atoms with van der Waals surface area (Å²) >= 11 is 6.10. The minimum atomic E-state index is -0.202. The maximum atomic E-state index is 12.7. The third kappa shape index (κ3) is 5.51. The summed E-state index contributed by atoms with van der Waals surface area (Å²) in [7, 11) is 2.00. The van der Waals surface area contributed by atoms with Gasteiger partial charge in [-0.05, 0) is 35.9 Å². The van der Waals surface area contributed by atoms with Crippen LogP contribution in [0.1, 0.15) is 15.9 Å². The van der Waals surface area contributed by atoms with E-state index in [9.17, 15) is 4.79 Å². The zero-order valence-electron chi connectivity index (χ0n) is 15.8. The summed E-state index contributed by atoms with van der Waals surface area (Å²) in [5, 5.41) is 3.44. The molecule has 0 fully saturated rings. The molecule has 3 rings (SSSR count). The summed E-state index contributed by atoms with van der Waals surface area (Å²) in [6, 6.07) is 25.0. The smallest absolute Gasteiger partial charge is 0.255 e. The van der Waals surface area contributed by atoms with Gasteiger partial charge in [0.15, 0.2) is 0 Å². The Bertz CT molecular complexity index is 901. The van der Waals surface area contributed by atoms with Gasteiger partial charge in [-0.3, -0.25) is 4.79 Å². The number of likely N-dealkylation sites (N-methyl/N-ethyl adjacent to an activating group) is 1. The lowest BCUT2D eigenvalue weighted by molar-refractivity contribution is 0.0950. The third-order valence-electron chi connectivity index (χ3n) is 4.35. The van der Waals surface area contributed by atoms with Gasteiger partial charge < -0.3 is 15.0 Å². The second-order valence-corrected chi connectivity index (χ2v) is 6.86. The molecule has 3 aromatic carbocycles. The second-order valence-electron chi connectivity index (χ2n) is 6.43. The maximum absolute atomic E-state index is 12.7. The van der Waals surface area contributed by atoms with Crippen LogP contribution in [0.2, 0.25) is 5.02 Å². The topological polar surface area (TPSA) is 41.6 Å². The molecule has 5 heteroatoms.